The second-order valence-corrected chi connectivity index (χ2v) is 4.72. The zero-order valence-corrected chi connectivity index (χ0v) is 10.5. The van der Waals surface area contributed by atoms with E-state index in [1.807, 2.05) is 23.8 Å². The van der Waals surface area contributed by atoms with Crippen molar-refractivity contribution in [1.29, 1.82) is 0 Å². The molecule has 3 heteroatoms. The van der Waals surface area contributed by atoms with E-state index in [4.69, 9.17) is 0 Å². The maximum atomic E-state index is 13.3. The quantitative estimate of drug-likeness (QED) is 0.646. The monoisotopic (exact) mass is 257 g/mol. The molecule has 3 aromatic rings. The second kappa shape index (κ2) is 4.50. The van der Waals surface area contributed by atoms with Crippen LogP contribution in [0.4, 0.5) is 8.78 Å². The van der Waals surface area contributed by atoms with E-state index in [1.165, 1.54) is 24.3 Å². The number of aromatic nitrogens is 1. The predicted octanol–water partition coefficient (Wildman–Crippen LogP) is 4.28. The Hall–Kier alpha value is -2.16. The highest BCUT2D eigenvalue weighted by atomic mass is 19.1. The summed E-state index contributed by atoms with van der Waals surface area (Å²) in [5.41, 5.74) is 2.78. The molecule has 0 aliphatic heterocycles. The molecule has 0 aliphatic rings. The Morgan fingerprint density at radius 1 is 0.947 bits per heavy atom. The fraction of sp³-hybridized carbons (Fsp3) is 0.125. The molecule has 19 heavy (non-hydrogen) atoms. The average Bonchev–Trinajstić information content (AvgIpc) is 2.75. The van der Waals surface area contributed by atoms with E-state index in [0.29, 0.717) is 6.54 Å². The van der Waals surface area contributed by atoms with Crippen LogP contribution in [-0.4, -0.2) is 4.57 Å². The number of aryl methyl sites for hydroxylation is 1. The molecule has 0 amide bonds. The molecule has 1 heterocycles. The molecule has 0 unspecified atom stereocenters. The first-order chi connectivity index (χ1) is 9.13. The van der Waals surface area contributed by atoms with Crippen LogP contribution in [0, 0.1) is 18.6 Å². The number of fused-ring (bicyclic) bond motifs is 1. The van der Waals surface area contributed by atoms with Crippen LogP contribution in [0.2, 0.25) is 0 Å². The molecule has 0 saturated carbocycles. The van der Waals surface area contributed by atoms with E-state index in [9.17, 15) is 8.78 Å². The lowest BCUT2D eigenvalue weighted by Crippen LogP contribution is -2.00. The predicted molar refractivity (Wildman–Crippen MR) is 72.1 cm³/mol. The molecule has 0 N–H and O–H groups in total. The van der Waals surface area contributed by atoms with Crippen molar-refractivity contribution in [3.8, 4) is 0 Å². The molecule has 3 rings (SSSR count). The van der Waals surface area contributed by atoms with Crippen LogP contribution >= 0.6 is 0 Å². The zero-order valence-electron chi connectivity index (χ0n) is 10.5. The van der Waals surface area contributed by atoms with Gasteiger partial charge in [0, 0.05) is 12.7 Å². The van der Waals surface area contributed by atoms with Crippen molar-refractivity contribution >= 4 is 10.9 Å². The van der Waals surface area contributed by atoms with Gasteiger partial charge in [-0.05, 0) is 59.8 Å². The van der Waals surface area contributed by atoms with Gasteiger partial charge in [0.2, 0.25) is 0 Å². The van der Waals surface area contributed by atoms with Crippen molar-refractivity contribution in [1.82, 2.24) is 4.57 Å². The molecule has 96 valence electrons. The summed E-state index contributed by atoms with van der Waals surface area (Å²) in [5, 5.41) is 1.00. The molecule has 2 aromatic carbocycles. The van der Waals surface area contributed by atoms with Crippen molar-refractivity contribution in [2.45, 2.75) is 13.5 Å². The Morgan fingerprint density at radius 3 is 2.47 bits per heavy atom. The smallest absolute Gasteiger partial charge is 0.125 e. The molecule has 1 aromatic heterocycles. The van der Waals surface area contributed by atoms with Crippen LogP contribution in [0.25, 0.3) is 10.9 Å². The van der Waals surface area contributed by atoms with Crippen LogP contribution in [0.15, 0.2) is 48.7 Å². The largest absolute Gasteiger partial charge is 0.343 e. The Kier molecular flexibility index (Phi) is 2.82. The van der Waals surface area contributed by atoms with Crippen molar-refractivity contribution in [3.63, 3.8) is 0 Å². The summed E-state index contributed by atoms with van der Waals surface area (Å²) in [7, 11) is 0. The first kappa shape index (κ1) is 11.9. The normalized spacial score (nSPS) is 11.1. The fourth-order valence-electron chi connectivity index (χ4n) is 2.32. The van der Waals surface area contributed by atoms with Gasteiger partial charge in [-0.15, -0.1) is 0 Å². The third kappa shape index (κ3) is 2.24. The number of hydrogen-bond acceptors (Lipinski definition) is 0. The topological polar surface area (TPSA) is 4.93 Å². The summed E-state index contributed by atoms with van der Waals surface area (Å²) in [4.78, 5) is 0. The van der Waals surface area contributed by atoms with Gasteiger partial charge >= 0.3 is 0 Å². The number of rotatable bonds is 2. The minimum absolute atomic E-state index is 0.232. The lowest BCUT2D eigenvalue weighted by molar-refractivity contribution is 0.624. The van der Waals surface area contributed by atoms with E-state index in [1.54, 1.807) is 12.1 Å². The number of benzene rings is 2. The van der Waals surface area contributed by atoms with E-state index in [-0.39, 0.29) is 11.6 Å². The highest BCUT2D eigenvalue weighted by Gasteiger charge is 2.05. The first-order valence-electron chi connectivity index (χ1n) is 6.13. The zero-order chi connectivity index (χ0) is 13.4. The Labute approximate surface area is 110 Å². The maximum absolute atomic E-state index is 13.3. The van der Waals surface area contributed by atoms with Gasteiger partial charge < -0.3 is 4.57 Å². The third-order valence-electron chi connectivity index (χ3n) is 3.38. The maximum Gasteiger partial charge on any atom is 0.125 e. The molecule has 1 nitrogen and oxygen atoms in total. The lowest BCUT2D eigenvalue weighted by Gasteiger charge is -2.09. The third-order valence-corrected chi connectivity index (χ3v) is 3.38. The van der Waals surface area contributed by atoms with E-state index in [0.717, 1.165) is 22.0 Å². The van der Waals surface area contributed by atoms with E-state index < -0.39 is 0 Å². The summed E-state index contributed by atoms with van der Waals surface area (Å²) >= 11 is 0. The number of halogens is 2. The van der Waals surface area contributed by atoms with Gasteiger partial charge in [0.1, 0.15) is 11.6 Å². The average molecular weight is 257 g/mol. The summed E-state index contributed by atoms with van der Waals surface area (Å²) in [5.74, 6) is -0.479. The second-order valence-electron chi connectivity index (χ2n) is 4.72. The van der Waals surface area contributed by atoms with E-state index >= 15 is 0 Å². The summed E-state index contributed by atoms with van der Waals surface area (Å²) in [6.07, 6.45) is 1.92. The van der Waals surface area contributed by atoms with Gasteiger partial charge in [-0.3, -0.25) is 0 Å². The van der Waals surface area contributed by atoms with Gasteiger partial charge in [-0.1, -0.05) is 6.07 Å². The summed E-state index contributed by atoms with van der Waals surface area (Å²) < 4.78 is 28.3. The molecular weight excluding hydrogens is 244 g/mol. The molecule has 0 spiro atoms. The highest BCUT2D eigenvalue weighted by Crippen LogP contribution is 2.20. The fourth-order valence-corrected chi connectivity index (χ4v) is 2.32. The van der Waals surface area contributed by atoms with Crippen LogP contribution in [0.3, 0.4) is 0 Å². The Bertz CT molecular complexity index is 744. The van der Waals surface area contributed by atoms with Gasteiger partial charge in [0.05, 0.1) is 5.52 Å². The molecule has 0 radical (unpaired) electrons. The van der Waals surface area contributed by atoms with Crippen LogP contribution < -0.4 is 0 Å². The molecular formula is C16H13F2N. The summed E-state index contributed by atoms with van der Waals surface area (Å²) in [6.45, 7) is 2.49. The van der Waals surface area contributed by atoms with Crippen LogP contribution in [0.1, 0.15) is 11.1 Å². The molecule has 0 bridgehead atoms. The SMILES string of the molecule is Cc1cc(F)ccc1Cn1ccc2ccc(F)cc21. The van der Waals surface area contributed by atoms with E-state index in [2.05, 4.69) is 0 Å². The minimum Gasteiger partial charge on any atom is -0.343 e. The van der Waals surface area contributed by atoms with Crippen LogP contribution in [0.5, 0.6) is 0 Å². The van der Waals surface area contributed by atoms with Crippen LogP contribution in [-0.2, 0) is 6.54 Å². The van der Waals surface area contributed by atoms with Crippen molar-refractivity contribution in [2.75, 3.05) is 0 Å². The highest BCUT2D eigenvalue weighted by molar-refractivity contribution is 5.80. The van der Waals surface area contributed by atoms with Gasteiger partial charge in [0.15, 0.2) is 0 Å². The van der Waals surface area contributed by atoms with Gasteiger partial charge in [0.25, 0.3) is 0 Å². The Balaban J connectivity index is 2.03. The molecule has 0 atom stereocenters. The Morgan fingerprint density at radius 2 is 1.68 bits per heavy atom. The van der Waals surface area contributed by atoms with Crippen molar-refractivity contribution in [3.05, 3.63) is 71.4 Å². The van der Waals surface area contributed by atoms with Crippen molar-refractivity contribution < 1.29 is 8.78 Å². The number of nitrogens with zero attached hydrogens (tertiary/aromatic N) is 1. The molecule has 0 fully saturated rings. The molecule has 0 aliphatic carbocycles. The lowest BCUT2D eigenvalue weighted by atomic mass is 10.1. The molecule has 0 saturated heterocycles. The first-order valence-corrected chi connectivity index (χ1v) is 6.13. The van der Waals surface area contributed by atoms with Gasteiger partial charge in [-0.25, -0.2) is 8.78 Å². The standard InChI is InChI=1S/C16H13F2N/c1-11-8-14(17)5-3-13(11)10-19-7-6-12-2-4-15(18)9-16(12)19/h2-9H,10H2,1H3. The van der Waals surface area contributed by atoms with Gasteiger partial charge in [-0.2, -0.15) is 0 Å². The number of hydrogen-bond donors (Lipinski definition) is 0. The van der Waals surface area contributed by atoms with Crippen molar-refractivity contribution in [2.24, 2.45) is 0 Å². The minimum atomic E-state index is -0.247. The summed E-state index contributed by atoms with van der Waals surface area (Å²) in [6, 6.07) is 11.4.